The first kappa shape index (κ1) is 10.7. The molecule has 0 amide bonds. The Balaban J connectivity index is 0. The number of hydrogen-bond donors (Lipinski definition) is 0. The average molecular weight is 133 g/mol. The maximum absolute atomic E-state index is 6.75. The molecule has 8 heavy (non-hydrogen) atoms. The predicted octanol–water partition coefficient (Wildman–Crippen LogP) is 2.39. The van der Waals surface area contributed by atoms with Crippen LogP contribution in [0, 0.1) is 0 Å². The Morgan fingerprint density at radius 3 is 1.00 bits per heavy atom. The third kappa shape index (κ3) is 1910. The van der Waals surface area contributed by atoms with Gasteiger partial charge < -0.3 is 11.1 Å². The molecule has 3 nitrogen and oxygen atoms in total. The van der Waals surface area contributed by atoms with Crippen LogP contribution in [0.25, 0.3) is 16.0 Å². The summed E-state index contributed by atoms with van der Waals surface area (Å²) >= 11 is 0. The summed E-state index contributed by atoms with van der Waals surface area (Å²) in [5, 5.41) is 0. The highest BCUT2D eigenvalue weighted by Crippen LogP contribution is 2.40. The molecule has 0 aromatic heterocycles. The second-order valence-electron chi connectivity index (χ2n) is 2.77. The highest BCUT2D eigenvalue weighted by Gasteiger charge is 2.03. The minimum absolute atomic E-state index is 0.389. The van der Waals surface area contributed by atoms with Crippen LogP contribution >= 0.6 is 7.26 Å². The van der Waals surface area contributed by atoms with Crippen LogP contribution in [0.2, 0.25) is 0 Å². The third-order valence-corrected chi connectivity index (χ3v) is 0. The quantitative estimate of drug-likeness (QED) is 0.211. The maximum atomic E-state index is 6.75. The van der Waals surface area contributed by atoms with Gasteiger partial charge in [0.15, 0.2) is 0 Å². The SMILES string of the molecule is C[P+](C)(C)C.[N-]=[N+]=[N-]. The molecule has 0 spiro atoms. The number of nitrogens with zero attached hydrogens (tertiary/aromatic N) is 3. The van der Waals surface area contributed by atoms with Crippen molar-refractivity contribution in [1.29, 1.82) is 0 Å². The first-order valence-corrected chi connectivity index (χ1v) is 5.77. The molecule has 0 rings (SSSR count). The molecular formula is C4H12N3P. The van der Waals surface area contributed by atoms with Crippen molar-refractivity contribution in [2.75, 3.05) is 26.7 Å². The summed E-state index contributed by atoms with van der Waals surface area (Å²) in [7, 11) is -0.389. The Morgan fingerprint density at radius 2 is 1.00 bits per heavy atom. The summed E-state index contributed by atoms with van der Waals surface area (Å²) in [5.74, 6) is 0. The van der Waals surface area contributed by atoms with E-state index in [0.717, 1.165) is 0 Å². The van der Waals surface area contributed by atoms with Gasteiger partial charge >= 0.3 is 0 Å². The highest BCUT2D eigenvalue weighted by molar-refractivity contribution is 7.72. The zero-order chi connectivity index (χ0) is 7.21. The van der Waals surface area contributed by atoms with E-state index in [4.69, 9.17) is 11.1 Å². The third-order valence-electron chi connectivity index (χ3n) is 0. The summed E-state index contributed by atoms with van der Waals surface area (Å²) in [5.41, 5.74) is 13.5. The van der Waals surface area contributed by atoms with Crippen molar-refractivity contribution in [3.05, 3.63) is 16.0 Å². The van der Waals surface area contributed by atoms with Crippen LogP contribution in [0.1, 0.15) is 0 Å². The molecule has 0 aromatic carbocycles. The molecule has 0 unspecified atom stereocenters. The van der Waals surface area contributed by atoms with Gasteiger partial charge in [-0.05, 0) is 0 Å². The Morgan fingerprint density at radius 1 is 1.00 bits per heavy atom. The molecule has 0 fully saturated rings. The molecule has 0 aromatic rings. The minimum atomic E-state index is -0.389. The van der Waals surface area contributed by atoms with E-state index in [1.165, 1.54) is 4.91 Å². The van der Waals surface area contributed by atoms with Crippen molar-refractivity contribution in [2.45, 2.75) is 0 Å². The summed E-state index contributed by atoms with van der Waals surface area (Å²) in [6.45, 7) is 9.19. The fraction of sp³-hybridized carbons (Fsp3) is 1.00. The summed E-state index contributed by atoms with van der Waals surface area (Å²) < 4.78 is 0. The van der Waals surface area contributed by atoms with Gasteiger partial charge in [-0.15, -0.1) is 0 Å². The van der Waals surface area contributed by atoms with Gasteiger partial charge in [0, 0.05) is 33.9 Å². The predicted molar refractivity (Wildman–Crippen MR) is 40.7 cm³/mol. The van der Waals surface area contributed by atoms with Crippen molar-refractivity contribution in [3.63, 3.8) is 0 Å². The van der Waals surface area contributed by atoms with E-state index in [0.29, 0.717) is 0 Å². The molecule has 4 heteroatoms. The normalized spacial score (nSPS) is 8.50. The van der Waals surface area contributed by atoms with E-state index in [-0.39, 0.29) is 7.26 Å². The summed E-state index contributed by atoms with van der Waals surface area (Å²) in [6.07, 6.45) is 0. The largest absolute Gasteiger partial charge is 0.373 e. The summed E-state index contributed by atoms with van der Waals surface area (Å²) in [4.78, 5) is 1.50. The molecule has 0 saturated carbocycles. The molecule has 0 saturated heterocycles. The van der Waals surface area contributed by atoms with Crippen LogP contribution in [0.3, 0.4) is 0 Å². The van der Waals surface area contributed by atoms with Crippen molar-refractivity contribution in [1.82, 2.24) is 0 Å². The van der Waals surface area contributed by atoms with Gasteiger partial charge in [-0.25, -0.2) is 0 Å². The Hall–Kier alpha value is -0.260. The Labute approximate surface area is 50.8 Å². The van der Waals surface area contributed by atoms with Crippen LogP contribution in [0.4, 0.5) is 0 Å². The van der Waals surface area contributed by atoms with Gasteiger partial charge in [0.25, 0.3) is 0 Å². The molecule has 0 heterocycles. The monoisotopic (exact) mass is 133 g/mol. The second kappa shape index (κ2) is 4.89. The molecule has 0 bridgehead atoms. The Bertz CT molecular complexity index is 71.8. The number of hydrogen-bond acceptors (Lipinski definition) is 0. The van der Waals surface area contributed by atoms with Gasteiger partial charge in [0.05, 0.1) is 0 Å². The molecule has 0 radical (unpaired) electrons. The summed E-state index contributed by atoms with van der Waals surface area (Å²) in [6, 6.07) is 0. The lowest BCUT2D eigenvalue weighted by atomic mass is 11.8. The van der Waals surface area contributed by atoms with Crippen LogP contribution in [0.5, 0.6) is 0 Å². The topological polar surface area (TPSA) is 58.7 Å². The van der Waals surface area contributed by atoms with Crippen molar-refractivity contribution in [2.24, 2.45) is 0 Å². The molecule has 0 aliphatic heterocycles. The fourth-order valence-electron chi connectivity index (χ4n) is 0. The van der Waals surface area contributed by atoms with Gasteiger partial charge in [-0.3, -0.25) is 4.91 Å². The molecule has 0 N–H and O–H groups in total. The average Bonchev–Trinajstić information content (AvgIpc) is 1.27. The first-order chi connectivity index (χ1) is 3.41. The molecular weight excluding hydrogens is 121 g/mol. The highest BCUT2D eigenvalue weighted by atomic mass is 31.2. The molecule has 0 aliphatic carbocycles. The lowest BCUT2D eigenvalue weighted by Crippen LogP contribution is -1.74. The van der Waals surface area contributed by atoms with Gasteiger partial charge in [-0.1, -0.05) is 0 Å². The van der Waals surface area contributed by atoms with E-state index < -0.39 is 0 Å². The van der Waals surface area contributed by atoms with Crippen LogP contribution < -0.4 is 0 Å². The zero-order valence-corrected chi connectivity index (χ0v) is 6.68. The van der Waals surface area contributed by atoms with E-state index in [9.17, 15) is 0 Å². The standard InChI is InChI=1S/C4H12P.N3/c1-5(2,3)4;1-3-2/h1-4H3;/q+1;-1. The smallest absolute Gasteiger partial charge is 0.0481 e. The second-order valence-corrected chi connectivity index (χ2v) is 8.14. The van der Waals surface area contributed by atoms with E-state index in [2.05, 4.69) is 26.7 Å². The first-order valence-electron chi connectivity index (χ1n) is 2.19. The van der Waals surface area contributed by atoms with Crippen LogP contribution in [-0.2, 0) is 0 Å². The van der Waals surface area contributed by atoms with Crippen LogP contribution in [0.15, 0.2) is 0 Å². The zero-order valence-electron chi connectivity index (χ0n) is 5.79. The maximum Gasteiger partial charge on any atom is 0.0481 e. The molecule has 48 valence electrons. The molecule has 0 atom stereocenters. The van der Waals surface area contributed by atoms with Gasteiger partial charge in [-0.2, -0.15) is 0 Å². The van der Waals surface area contributed by atoms with Gasteiger partial charge in [0.2, 0.25) is 0 Å². The Kier molecular flexibility index (Phi) is 6.52. The van der Waals surface area contributed by atoms with Gasteiger partial charge in [0.1, 0.15) is 0 Å². The van der Waals surface area contributed by atoms with Crippen LogP contribution in [-0.4, -0.2) is 26.7 Å². The van der Waals surface area contributed by atoms with E-state index in [1.54, 1.807) is 0 Å². The lowest BCUT2D eigenvalue weighted by molar-refractivity contribution is 1.95. The lowest BCUT2D eigenvalue weighted by Gasteiger charge is -1.97. The molecule has 0 aliphatic rings. The van der Waals surface area contributed by atoms with E-state index in [1.807, 2.05) is 0 Å². The van der Waals surface area contributed by atoms with E-state index >= 15 is 0 Å². The van der Waals surface area contributed by atoms with Crippen molar-refractivity contribution >= 4 is 7.26 Å². The fourth-order valence-corrected chi connectivity index (χ4v) is 0. The minimum Gasteiger partial charge on any atom is -0.373 e. The van der Waals surface area contributed by atoms with Crippen molar-refractivity contribution in [3.8, 4) is 0 Å². The number of rotatable bonds is 0. The van der Waals surface area contributed by atoms with Crippen molar-refractivity contribution < 1.29 is 0 Å².